The van der Waals surface area contributed by atoms with Crippen molar-refractivity contribution in [2.24, 2.45) is 0 Å². The first-order valence-electron chi connectivity index (χ1n) is 8.98. The Morgan fingerprint density at radius 1 is 0.964 bits per heavy atom. The fraction of sp³-hybridized carbons (Fsp3) is 0.0435. The highest BCUT2D eigenvalue weighted by molar-refractivity contribution is 6.30. The molecule has 5 aromatic rings. The van der Waals surface area contributed by atoms with E-state index in [1.807, 2.05) is 37.3 Å². The van der Waals surface area contributed by atoms with Crippen LogP contribution in [0.3, 0.4) is 0 Å². The normalized spacial score (nSPS) is 11.4. The molecule has 0 aliphatic rings. The van der Waals surface area contributed by atoms with Gasteiger partial charge in [-0.05, 0) is 35.4 Å². The zero-order valence-electron chi connectivity index (χ0n) is 15.1. The van der Waals surface area contributed by atoms with Crippen LogP contribution in [0.4, 0.5) is 0 Å². The van der Waals surface area contributed by atoms with E-state index in [-0.39, 0.29) is 5.56 Å². The van der Waals surface area contributed by atoms with E-state index in [0.29, 0.717) is 16.4 Å². The number of benzene rings is 3. The van der Waals surface area contributed by atoms with Crippen LogP contribution in [-0.4, -0.2) is 14.6 Å². The number of halogens is 1. The van der Waals surface area contributed by atoms with E-state index >= 15 is 0 Å². The van der Waals surface area contributed by atoms with Gasteiger partial charge in [0.25, 0.3) is 5.56 Å². The van der Waals surface area contributed by atoms with Gasteiger partial charge in [0.2, 0.25) is 0 Å². The van der Waals surface area contributed by atoms with Gasteiger partial charge in [0.15, 0.2) is 5.65 Å². The number of nitrogens with one attached hydrogen (secondary N) is 1. The predicted molar refractivity (Wildman–Crippen MR) is 114 cm³/mol. The van der Waals surface area contributed by atoms with Crippen molar-refractivity contribution in [3.05, 3.63) is 93.9 Å². The van der Waals surface area contributed by atoms with Crippen LogP contribution < -0.4 is 5.56 Å². The highest BCUT2D eigenvalue weighted by Crippen LogP contribution is 2.33. The number of aromatic nitrogens is 3. The SMILES string of the molecule is Cc1[nH]n2c(=O)cc(-c3ccc(Cl)cc3)nc2c1-c1cccc2ccccc12. The number of hydrogen-bond acceptors (Lipinski definition) is 2. The molecule has 0 aliphatic carbocycles. The maximum atomic E-state index is 12.8. The van der Waals surface area contributed by atoms with Crippen molar-refractivity contribution in [1.82, 2.24) is 14.6 Å². The third kappa shape index (κ3) is 2.62. The Morgan fingerprint density at radius 3 is 2.54 bits per heavy atom. The Kier molecular flexibility index (Phi) is 3.81. The van der Waals surface area contributed by atoms with Gasteiger partial charge >= 0.3 is 0 Å². The van der Waals surface area contributed by atoms with Crippen LogP contribution in [0.15, 0.2) is 77.6 Å². The first kappa shape index (κ1) is 16.8. The van der Waals surface area contributed by atoms with E-state index in [0.717, 1.165) is 33.2 Å². The zero-order chi connectivity index (χ0) is 19.3. The summed E-state index contributed by atoms with van der Waals surface area (Å²) in [7, 11) is 0. The summed E-state index contributed by atoms with van der Waals surface area (Å²) in [4.78, 5) is 17.6. The lowest BCUT2D eigenvalue weighted by atomic mass is 9.98. The molecule has 0 saturated carbocycles. The molecule has 136 valence electrons. The molecule has 0 spiro atoms. The molecule has 0 aliphatic heterocycles. The first-order valence-corrected chi connectivity index (χ1v) is 9.36. The smallest absolute Gasteiger partial charge is 0.273 e. The number of aromatic amines is 1. The molecule has 28 heavy (non-hydrogen) atoms. The summed E-state index contributed by atoms with van der Waals surface area (Å²) in [6.07, 6.45) is 0. The predicted octanol–water partition coefficient (Wildman–Crippen LogP) is 5.47. The monoisotopic (exact) mass is 385 g/mol. The van der Waals surface area contributed by atoms with Gasteiger partial charge in [-0.1, -0.05) is 66.2 Å². The van der Waals surface area contributed by atoms with Gasteiger partial charge in [-0.2, -0.15) is 0 Å². The number of H-pyrrole nitrogens is 1. The van der Waals surface area contributed by atoms with Crippen molar-refractivity contribution in [1.29, 1.82) is 0 Å². The summed E-state index contributed by atoms with van der Waals surface area (Å²) in [6, 6.07) is 23.3. The number of rotatable bonds is 2. The molecular weight excluding hydrogens is 370 g/mol. The summed E-state index contributed by atoms with van der Waals surface area (Å²) in [5.41, 5.74) is 4.83. The van der Waals surface area contributed by atoms with Gasteiger partial charge in [-0.25, -0.2) is 9.50 Å². The lowest BCUT2D eigenvalue weighted by Crippen LogP contribution is -2.14. The standard InChI is InChI=1S/C23H16ClN3O/c1-14-22(19-8-4-6-15-5-2-3-7-18(15)19)23-25-20(13-21(28)27(23)26-14)16-9-11-17(24)12-10-16/h2-13,26H,1H3. The topological polar surface area (TPSA) is 50.2 Å². The van der Waals surface area contributed by atoms with Crippen LogP contribution in [0.1, 0.15) is 5.69 Å². The fourth-order valence-electron chi connectivity index (χ4n) is 3.68. The van der Waals surface area contributed by atoms with Crippen molar-refractivity contribution in [3.8, 4) is 22.4 Å². The van der Waals surface area contributed by atoms with Crippen LogP contribution in [0.25, 0.3) is 38.8 Å². The van der Waals surface area contributed by atoms with E-state index in [1.165, 1.54) is 4.52 Å². The average molecular weight is 386 g/mol. The van der Waals surface area contributed by atoms with Gasteiger partial charge in [0, 0.05) is 27.9 Å². The third-order valence-corrected chi connectivity index (χ3v) is 5.25. The Hall–Kier alpha value is -3.37. The van der Waals surface area contributed by atoms with Crippen LogP contribution in [-0.2, 0) is 0 Å². The van der Waals surface area contributed by atoms with Gasteiger partial charge in [0.05, 0.1) is 5.69 Å². The molecule has 4 nitrogen and oxygen atoms in total. The van der Waals surface area contributed by atoms with Crippen LogP contribution >= 0.6 is 11.6 Å². The van der Waals surface area contributed by atoms with E-state index in [9.17, 15) is 4.79 Å². The number of aryl methyl sites for hydroxylation is 1. The molecule has 0 fully saturated rings. The van der Waals surface area contributed by atoms with Crippen LogP contribution in [0, 0.1) is 6.92 Å². The molecule has 2 aromatic heterocycles. The molecule has 1 N–H and O–H groups in total. The molecule has 0 saturated heterocycles. The lowest BCUT2D eigenvalue weighted by Gasteiger charge is -2.07. The molecule has 0 radical (unpaired) electrons. The second-order valence-corrected chi connectivity index (χ2v) is 7.22. The number of fused-ring (bicyclic) bond motifs is 2. The molecular formula is C23H16ClN3O. The molecule has 0 unspecified atom stereocenters. The van der Waals surface area contributed by atoms with Gasteiger partial charge < -0.3 is 0 Å². The van der Waals surface area contributed by atoms with E-state index in [2.05, 4.69) is 29.4 Å². The largest absolute Gasteiger partial charge is 0.293 e. The second kappa shape index (κ2) is 6.36. The molecule has 0 atom stereocenters. The second-order valence-electron chi connectivity index (χ2n) is 6.78. The van der Waals surface area contributed by atoms with Crippen molar-refractivity contribution >= 4 is 28.0 Å². The summed E-state index contributed by atoms with van der Waals surface area (Å²) in [5.74, 6) is 0. The molecule has 3 aromatic carbocycles. The summed E-state index contributed by atoms with van der Waals surface area (Å²) >= 11 is 6.00. The molecule has 2 heterocycles. The van der Waals surface area contributed by atoms with Crippen molar-refractivity contribution in [2.45, 2.75) is 6.92 Å². The molecule has 0 amide bonds. The number of hydrogen-bond donors (Lipinski definition) is 1. The fourth-order valence-corrected chi connectivity index (χ4v) is 3.81. The third-order valence-electron chi connectivity index (χ3n) is 5.00. The van der Waals surface area contributed by atoms with Gasteiger partial charge in [0.1, 0.15) is 0 Å². The van der Waals surface area contributed by atoms with Gasteiger partial charge in [-0.15, -0.1) is 0 Å². The number of nitrogens with zero attached hydrogens (tertiary/aromatic N) is 2. The average Bonchev–Trinajstić information content (AvgIpc) is 3.04. The highest BCUT2D eigenvalue weighted by Gasteiger charge is 2.17. The minimum Gasteiger partial charge on any atom is -0.293 e. The van der Waals surface area contributed by atoms with Crippen molar-refractivity contribution < 1.29 is 0 Å². The minimum atomic E-state index is -0.149. The Bertz CT molecular complexity index is 1390. The Morgan fingerprint density at radius 2 is 1.71 bits per heavy atom. The maximum Gasteiger partial charge on any atom is 0.273 e. The van der Waals surface area contributed by atoms with Crippen molar-refractivity contribution in [3.63, 3.8) is 0 Å². The van der Waals surface area contributed by atoms with E-state index < -0.39 is 0 Å². The quantitative estimate of drug-likeness (QED) is 0.438. The summed E-state index contributed by atoms with van der Waals surface area (Å²) < 4.78 is 1.51. The van der Waals surface area contributed by atoms with E-state index in [4.69, 9.17) is 16.6 Å². The Balaban J connectivity index is 1.83. The first-order chi connectivity index (χ1) is 13.6. The zero-order valence-corrected chi connectivity index (χ0v) is 15.9. The van der Waals surface area contributed by atoms with Gasteiger partial charge in [-0.3, -0.25) is 9.89 Å². The summed E-state index contributed by atoms with van der Waals surface area (Å²) in [5, 5.41) is 6.09. The van der Waals surface area contributed by atoms with Crippen LogP contribution in [0.2, 0.25) is 5.02 Å². The molecule has 5 heteroatoms. The maximum absolute atomic E-state index is 12.8. The van der Waals surface area contributed by atoms with E-state index in [1.54, 1.807) is 18.2 Å². The lowest BCUT2D eigenvalue weighted by molar-refractivity contribution is 0.882. The molecule has 5 rings (SSSR count). The minimum absolute atomic E-state index is 0.149. The summed E-state index contributed by atoms with van der Waals surface area (Å²) in [6.45, 7) is 1.97. The highest BCUT2D eigenvalue weighted by atomic mass is 35.5. The Labute approximate surface area is 166 Å². The van der Waals surface area contributed by atoms with Crippen LogP contribution in [0.5, 0.6) is 0 Å². The van der Waals surface area contributed by atoms with Crippen molar-refractivity contribution in [2.75, 3.05) is 0 Å². The molecule has 0 bridgehead atoms.